The van der Waals surface area contributed by atoms with Crippen molar-refractivity contribution in [1.82, 2.24) is 0 Å². The van der Waals surface area contributed by atoms with Gasteiger partial charge in [-0.15, -0.1) is 0 Å². The molecule has 0 aliphatic carbocycles. The van der Waals surface area contributed by atoms with Gasteiger partial charge >= 0.3 is 0 Å². The molecular formula is C45H40N2Si. The van der Waals surface area contributed by atoms with Crippen LogP contribution in [0.4, 0.5) is 34.1 Å². The third kappa shape index (κ3) is 6.73. The molecular weight excluding hydrogens is 597 g/mol. The standard InChI is InChI=1S/C45H40N2Si/c1-48(2,3)45-33-31-44(32-34-45)47(41-17-11-6-12-18-41)43-29-25-38(26-30-43)36-21-19-35(20-22-36)37-23-27-42(28-24-37)46(39-13-7-4-8-14-39)40-15-9-5-10-16-40/h4-34H,1-3H3. The highest BCUT2D eigenvalue weighted by Crippen LogP contribution is 2.37. The molecule has 0 bridgehead atoms. The summed E-state index contributed by atoms with van der Waals surface area (Å²) in [5, 5.41) is 1.47. The Labute approximate surface area is 286 Å². The third-order valence-electron chi connectivity index (χ3n) is 8.84. The van der Waals surface area contributed by atoms with Crippen molar-refractivity contribution in [3.63, 3.8) is 0 Å². The van der Waals surface area contributed by atoms with E-state index in [9.17, 15) is 0 Å². The van der Waals surface area contributed by atoms with E-state index in [4.69, 9.17) is 0 Å². The van der Waals surface area contributed by atoms with Crippen molar-refractivity contribution in [3.05, 3.63) is 188 Å². The van der Waals surface area contributed by atoms with Crippen molar-refractivity contribution in [2.24, 2.45) is 0 Å². The summed E-state index contributed by atoms with van der Waals surface area (Å²) < 4.78 is 0. The lowest BCUT2D eigenvalue weighted by atomic mass is 9.99. The topological polar surface area (TPSA) is 6.48 Å². The van der Waals surface area contributed by atoms with Crippen molar-refractivity contribution >= 4 is 47.4 Å². The summed E-state index contributed by atoms with van der Waals surface area (Å²) in [6.45, 7) is 7.18. The Hall–Kier alpha value is -5.64. The van der Waals surface area contributed by atoms with E-state index >= 15 is 0 Å². The second-order valence-corrected chi connectivity index (χ2v) is 18.2. The first-order valence-electron chi connectivity index (χ1n) is 16.6. The van der Waals surface area contributed by atoms with E-state index in [-0.39, 0.29) is 0 Å². The van der Waals surface area contributed by atoms with Gasteiger partial charge in [-0.25, -0.2) is 0 Å². The minimum absolute atomic E-state index is 1.13. The van der Waals surface area contributed by atoms with Crippen LogP contribution >= 0.6 is 0 Å². The first-order chi connectivity index (χ1) is 23.4. The Morgan fingerprint density at radius 2 is 0.500 bits per heavy atom. The summed E-state index contributed by atoms with van der Waals surface area (Å²) in [6, 6.07) is 67.5. The molecule has 7 aromatic rings. The average molecular weight is 637 g/mol. The summed E-state index contributed by atoms with van der Waals surface area (Å²) in [6.07, 6.45) is 0. The molecule has 7 rings (SSSR count). The molecule has 0 amide bonds. The van der Waals surface area contributed by atoms with Crippen LogP contribution in [0.1, 0.15) is 0 Å². The molecule has 0 unspecified atom stereocenters. The highest BCUT2D eigenvalue weighted by atomic mass is 28.3. The molecule has 0 aromatic heterocycles. The summed E-state index contributed by atoms with van der Waals surface area (Å²) in [5.41, 5.74) is 11.7. The van der Waals surface area contributed by atoms with Crippen LogP contribution in [-0.2, 0) is 0 Å². The van der Waals surface area contributed by atoms with Gasteiger partial charge in [0.1, 0.15) is 0 Å². The van der Waals surface area contributed by atoms with Crippen LogP contribution in [-0.4, -0.2) is 8.07 Å². The lowest BCUT2D eigenvalue weighted by molar-refractivity contribution is 1.28. The van der Waals surface area contributed by atoms with E-state index in [1.165, 1.54) is 33.1 Å². The van der Waals surface area contributed by atoms with Crippen LogP contribution < -0.4 is 15.0 Å². The number of hydrogen-bond acceptors (Lipinski definition) is 2. The van der Waals surface area contributed by atoms with E-state index in [1.54, 1.807) is 0 Å². The van der Waals surface area contributed by atoms with E-state index in [1.807, 2.05) is 0 Å². The summed E-state index contributed by atoms with van der Waals surface area (Å²) in [5.74, 6) is 0. The van der Waals surface area contributed by atoms with Gasteiger partial charge in [-0.05, 0) is 95.1 Å². The maximum Gasteiger partial charge on any atom is 0.0775 e. The Morgan fingerprint density at radius 1 is 0.271 bits per heavy atom. The molecule has 0 saturated heterocycles. The van der Waals surface area contributed by atoms with Crippen LogP contribution in [0.25, 0.3) is 22.3 Å². The summed E-state index contributed by atoms with van der Waals surface area (Å²) in [7, 11) is -1.37. The SMILES string of the molecule is C[Si](C)(C)c1ccc(N(c2ccccc2)c2ccc(-c3ccc(-c4ccc(N(c5ccccc5)c5ccccc5)cc4)cc3)cc2)cc1. The highest BCUT2D eigenvalue weighted by Gasteiger charge is 2.18. The third-order valence-corrected chi connectivity index (χ3v) is 10.9. The zero-order valence-electron chi connectivity index (χ0n) is 27.8. The zero-order chi connectivity index (χ0) is 32.9. The molecule has 7 aromatic carbocycles. The number of benzene rings is 7. The molecule has 0 aliphatic rings. The Morgan fingerprint density at radius 3 is 0.771 bits per heavy atom. The first kappa shape index (κ1) is 31.0. The van der Waals surface area contributed by atoms with Crippen molar-refractivity contribution in [2.45, 2.75) is 19.6 Å². The van der Waals surface area contributed by atoms with Gasteiger partial charge in [0.25, 0.3) is 0 Å². The molecule has 0 fully saturated rings. The van der Waals surface area contributed by atoms with Gasteiger partial charge in [-0.3, -0.25) is 0 Å². The van der Waals surface area contributed by atoms with Gasteiger partial charge in [0.15, 0.2) is 0 Å². The lowest BCUT2D eigenvalue weighted by Gasteiger charge is -2.26. The molecule has 0 heterocycles. The molecule has 48 heavy (non-hydrogen) atoms. The monoisotopic (exact) mass is 636 g/mol. The minimum atomic E-state index is -1.37. The fourth-order valence-electron chi connectivity index (χ4n) is 6.20. The molecule has 0 N–H and O–H groups in total. The van der Waals surface area contributed by atoms with Crippen LogP contribution in [0.2, 0.25) is 19.6 Å². The second-order valence-electron chi connectivity index (χ2n) is 13.1. The van der Waals surface area contributed by atoms with E-state index < -0.39 is 8.07 Å². The summed E-state index contributed by atoms with van der Waals surface area (Å²) in [4.78, 5) is 4.62. The minimum Gasteiger partial charge on any atom is -0.311 e. The maximum atomic E-state index is 2.39. The molecule has 0 radical (unpaired) electrons. The van der Waals surface area contributed by atoms with Crippen LogP contribution in [0, 0.1) is 0 Å². The van der Waals surface area contributed by atoms with Gasteiger partial charge in [-0.2, -0.15) is 0 Å². The molecule has 0 aliphatic heterocycles. The molecule has 3 heteroatoms. The van der Waals surface area contributed by atoms with Crippen molar-refractivity contribution < 1.29 is 0 Å². The second kappa shape index (κ2) is 13.6. The lowest BCUT2D eigenvalue weighted by Crippen LogP contribution is -2.37. The predicted octanol–water partition coefficient (Wildman–Crippen LogP) is 12.5. The number of anilines is 6. The van der Waals surface area contributed by atoms with Crippen molar-refractivity contribution in [2.75, 3.05) is 9.80 Å². The van der Waals surface area contributed by atoms with Gasteiger partial charge < -0.3 is 9.80 Å². The largest absolute Gasteiger partial charge is 0.311 e. The maximum absolute atomic E-state index is 2.39. The average Bonchev–Trinajstić information content (AvgIpc) is 3.14. The van der Waals surface area contributed by atoms with E-state index in [2.05, 4.69) is 217 Å². The van der Waals surface area contributed by atoms with Gasteiger partial charge in [0.05, 0.1) is 8.07 Å². The zero-order valence-corrected chi connectivity index (χ0v) is 28.8. The van der Waals surface area contributed by atoms with Crippen LogP contribution in [0.5, 0.6) is 0 Å². The Kier molecular flexibility index (Phi) is 8.78. The predicted molar refractivity (Wildman–Crippen MR) is 210 cm³/mol. The van der Waals surface area contributed by atoms with Crippen molar-refractivity contribution in [1.29, 1.82) is 0 Å². The first-order valence-corrected chi connectivity index (χ1v) is 20.1. The Bertz CT molecular complexity index is 2010. The molecule has 0 spiro atoms. The molecule has 0 atom stereocenters. The number of nitrogens with zero attached hydrogens (tertiary/aromatic N) is 2. The van der Waals surface area contributed by atoms with E-state index in [0.29, 0.717) is 0 Å². The highest BCUT2D eigenvalue weighted by molar-refractivity contribution is 6.88. The number of para-hydroxylation sites is 3. The van der Waals surface area contributed by atoms with Gasteiger partial charge in [0.2, 0.25) is 0 Å². The normalized spacial score (nSPS) is 11.2. The fourth-order valence-corrected chi connectivity index (χ4v) is 7.36. The fraction of sp³-hybridized carbons (Fsp3) is 0.0667. The number of hydrogen-bond donors (Lipinski definition) is 0. The smallest absolute Gasteiger partial charge is 0.0775 e. The number of rotatable bonds is 9. The molecule has 0 saturated carbocycles. The van der Waals surface area contributed by atoms with Gasteiger partial charge in [0, 0.05) is 34.1 Å². The quantitative estimate of drug-likeness (QED) is 0.145. The summed E-state index contributed by atoms with van der Waals surface area (Å²) >= 11 is 0. The van der Waals surface area contributed by atoms with Crippen molar-refractivity contribution in [3.8, 4) is 22.3 Å². The van der Waals surface area contributed by atoms with Crippen LogP contribution in [0.3, 0.4) is 0 Å². The molecule has 234 valence electrons. The van der Waals surface area contributed by atoms with E-state index in [0.717, 1.165) is 28.4 Å². The van der Waals surface area contributed by atoms with Gasteiger partial charge in [-0.1, -0.05) is 140 Å². The van der Waals surface area contributed by atoms with Crippen LogP contribution in [0.15, 0.2) is 188 Å². The Balaban J connectivity index is 1.12. The molecule has 2 nitrogen and oxygen atoms in total.